The van der Waals surface area contributed by atoms with E-state index in [0.717, 1.165) is 13.0 Å². The first kappa shape index (κ1) is 14.0. The lowest BCUT2D eigenvalue weighted by atomic mass is 10.0. The standard InChI is InChI=1S/C14H22FNO/c1-5-10(2)9-16(4)11(3)13-8-12(15)6-7-14(13)17/h6-8,10-11,17H,5,9H2,1-4H3. The van der Waals surface area contributed by atoms with Gasteiger partial charge >= 0.3 is 0 Å². The van der Waals surface area contributed by atoms with Gasteiger partial charge in [-0.2, -0.15) is 0 Å². The van der Waals surface area contributed by atoms with Gasteiger partial charge in [-0.1, -0.05) is 20.3 Å². The molecular formula is C14H22FNO. The maximum atomic E-state index is 13.2. The van der Waals surface area contributed by atoms with Gasteiger partial charge in [0.1, 0.15) is 11.6 Å². The lowest BCUT2D eigenvalue weighted by molar-refractivity contribution is 0.220. The van der Waals surface area contributed by atoms with Crippen LogP contribution in [0.5, 0.6) is 5.75 Å². The van der Waals surface area contributed by atoms with E-state index >= 15 is 0 Å². The predicted molar refractivity (Wildman–Crippen MR) is 68.6 cm³/mol. The van der Waals surface area contributed by atoms with Crippen molar-refractivity contribution in [1.82, 2.24) is 4.90 Å². The summed E-state index contributed by atoms with van der Waals surface area (Å²) in [6.07, 6.45) is 1.12. The molecule has 0 amide bonds. The second-order valence-electron chi connectivity index (χ2n) is 4.83. The fourth-order valence-corrected chi connectivity index (χ4v) is 1.88. The quantitative estimate of drug-likeness (QED) is 0.849. The number of phenols is 1. The predicted octanol–water partition coefficient (Wildman–Crippen LogP) is 3.57. The van der Waals surface area contributed by atoms with Crippen LogP contribution in [0, 0.1) is 11.7 Å². The summed E-state index contributed by atoms with van der Waals surface area (Å²) < 4.78 is 13.2. The molecule has 0 aliphatic rings. The molecule has 0 fully saturated rings. The zero-order chi connectivity index (χ0) is 13.0. The average molecular weight is 239 g/mol. The molecule has 0 heterocycles. The molecule has 2 unspecified atom stereocenters. The van der Waals surface area contributed by atoms with Gasteiger partial charge < -0.3 is 5.11 Å². The van der Waals surface area contributed by atoms with Crippen LogP contribution in [0.25, 0.3) is 0 Å². The first-order valence-corrected chi connectivity index (χ1v) is 6.14. The highest BCUT2D eigenvalue weighted by molar-refractivity contribution is 5.34. The van der Waals surface area contributed by atoms with Crippen LogP contribution in [0.3, 0.4) is 0 Å². The van der Waals surface area contributed by atoms with Crippen molar-refractivity contribution in [3.8, 4) is 5.75 Å². The van der Waals surface area contributed by atoms with Gasteiger partial charge in [0.05, 0.1) is 0 Å². The van der Waals surface area contributed by atoms with Crippen molar-refractivity contribution < 1.29 is 9.50 Å². The molecule has 1 aromatic rings. The molecule has 0 spiro atoms. The minimum absolute atomic E-state index is 0.0136. The van der Waals surface area contributed by atoms with Crippen LogP contribution in [0.2, 0.25) is 0 Å². The fraction of sp³-hybridized carbons (Fsp3) is 0.571. The van der Waals surface area contributed by atoms with E-state index in [2.05, 4.69) is 18.7 Å². The largest absolute Gasteiger partial charge is 0.508 e. The Hall–Kier alpha value is -1.09. The summed E-state index contributed by atoms with van der Waals surface area (Å²) in [6, 6.07) is 4.12. The first-order chi connectivity index (χ1) is 7.95. The van der Waals surface area contributed by atoms with Gasteiger partial charge in [0, 0.05) is 18.2 Å². The summed E-state index contributed by atoms with van der Waals surface area (Å²) in [7, 11) is 2.00. The highest BCUT2D eigenvalue weighted by Gasteiger charge is 2.17. The smallest absolute Gasteiger partial charge is 0.123 e. The summed E-state index contributed by atoms with van der Waals surface area (Å²) in [5.74, 6) is 0.453. The minimum Gasteiger partial charge on any atom is -0.508 e. The highest BCUT2D eigenvalue weighted by atomic mass is 19.1. The van der Waals surface area contributed by atoms with Crippen molar-refractivity contribution in [2.24, 2.45) is 5.92 Å². The monoisotopic (exact) mass is 239 g/mol. The van der Waals surface area contributed by atoms with E-state index in [0.29, 0.717) is 11.5 Å². The number of hydrogen-bond acceptors (Lipinski definition) is 2. The fourth-order valence-electron chi connectivity index (χ4n) is 1.88. The van der Waals surface area contributed by atoms with Crippen molar-refractivity contribution in [2.75, 3.05) is 13.6 Å². The molecule has 0 saturated carbocycles. The number of hydrogen-bond donors (Lipinski definition) is 1. The molecule has 96 valence electrons. The third kappa shape index (κ3) is 3.70. The van der Waals surface area contributed by atoms with Gasteiger partial charge in [-0.05, 0) is 38.1 Å². The summed E-state index contributed by atoms with van der Waals surface area (Å²) in [5, 5.41) is 9.75. The van der Waals surface area contributed by atoms with Crippen molar-refractivity contribution in [1.29, 1.82) is 0 Å². The van der Waals surface area contributed by atoms with E-state index in [1.807, 2.05) is 14.0 Å². The maximum absolute atomic E-state index is 13.2. The topological polar surface area (TPSA) is 23.5 Å². The molecule has 2 atom stereocenters. The normalized spacial score (nSPS) is 14.9. The van der Waals surface area contributed by atoms with E-state index in [1.165, 1.54) is 18.2 Å². The van der Waals surface area contributed by atoms with Crippen LogP contribution in [0.1, 0.15) is 38.8 Å². The molecule has 3 heteroatoms. The van der Waals surface area contributed by atoms with Crippen LogP contribution in [0.4, 0.5) is 4.39 Å². The number of benzene rings is 1. The Kier molecular flexibility index (Phi) is 4.94. The summed E-state index contributed by atoms with van der Waals surface area (Å²) >= 11 is 0. The third-order valence-electron chi connectivity index (χ3n) is 3.40. The molecule has 17 heavy (non-hydrogen) atoms. The molecule has 0 aromatic heterocycles. The van der Waals surface area contributed by atoms with E-state index in [4.69, 9.17) is 0 Å². The number of rotatable bonds is 5. The molecule has 0 aliphatic heterocycles. The van der Waals surface area contributed by atoms with Crippen molar-refractivity contribution in [2.45, 2.75) is 33.2 Å². The first-order valence-electron chi connectivity index (χ1n) is 6.14. The summed E-state index contributed by atoms with van der Waals surface area (Å²) in [5.41, 5.74) is 0.649. The summed E-state index contributed by atoms with van der Waals surface area (Å²) in [4.78, 5) is 2.14. The lowest BCUT2D eigenvalue weighted by Crippen LogP contribution is -2.27. The van der Waals surface area contributed by atoms with E-state index < -0.39 is 0 Å². The number of halogens is 1. The van der Waals surface area contributed by atoms with Gasteiger partial charge in [-0.15, -0.1) is 0 Å². The molecule has 1 aromatic carbocycles. The van der Waals surface area contributed by atoms with Crippen molar-refractivity contribution in [3.05, 3.63) is 29.6 Å². The van der Waals surface area contributed by atoms with Crippen LogP contribution in [-0.2, 0) is 0 Å². The van der Waals surface area contributed by atoms with E-state index in [1.54, 1.807) is 0 Å². The molecule has 0 radical (unpaired) electrons. The second kappa shape index (κ2) is 6.01. The highest BCUT2D eigenvalue weighted by Crippen LogP contribution is 2.28. The van der Waals surface area contributed by atoms with Crippen LogP contribution in [0.15, 0.2) is 18.2 Å². The molecule has 2 nitrogen and oxygen atoms in total. The molecule has 1 N–H and O–H groups in total. The zero-order valence-electron chi connectivity index (χ0n) is 11.1. The van der Waals surface area contributed by atoms with Crippen molar-refractivity contribution >= 4 is 0 Å². The number of phenolic OH excluding ortho intramolecular Hbond substituents is 1. The maximum Gasteiger partial charge on any atom is 0.123 e. The Bertz CT molecular complexity index is 367. The second-order valence-corrected chi connectivity index (χ2v) is 4.83. The van der Waals surface area contributed by atoms with E-state index in [-0.39, 0.29) is 17.6 Å². The molecule has 1 rings (SSSR count). The van der Waals surface area contributed by atoms with Gasteiger partial charge in [-0.3, -0.25) is 4.90 Å². The Morgan fingerprint density at radius 2 is 2.00 bits per heavy atom. The minimum atomic E-state index is -0.304. The van der Waals surface area contributed by atoms with Gasteiger partial charge in [-0.25, -0.2) is 4.39 Å². The average Bonchev–Trinajstić information content (AvgIpc) is 2.31. The van der Waals surface area contributed by atoms with Crippen LogP contribution < -0.4 is 0 Å². The zero-order valence-corrected chi connectivity index (χ0v) is 11.1. The Morgan fingerprint density at radius 3 is 2.59 bits per heavy atom. The van der Waals surface area contributed by atoms with Crippen LogP contribution >= 0.6 is 0 Å². The van der Waals surface area contributed by atoms with E-state index in [9.17, 15) is 9.50 Å². The van der Waals surface area contributed by atoms with Gasteiger partial charge in [0.15, 0.2) is 0 Å². The van der Waals surface area contributed by atoms with Crippen LogP contribution in [-0.4, -0.2) is 23.6 Å². The van der Waals surface area contributed by atoms with Gasteiger partial charge in [0.2, 0.25) is 0 Å². The van der Waals surface area contributed by atoms with Crippen molar-refractivity contribution in [3.63, 3.8) is 0 Å². The number of aromatic hydroxyl groups is 1. The number of nitrogens with zero attached hydrogens (tertiary/aromatic N) is 1. The Labute approximate surface area is 103 Å². The molecule has 0 bridgehead atoms. The SMILES string of the molecule is CCC(C)CN(C)C(C)c1cc(F)ccc1O. The lowest BCUT2D eigenvalue weighted by Gasteiger charge is -2.28. The van der Waals surface area contributed by atoms with Gasteiger partial charge in [0.25, 0.3) is 0 Å². The summed E-state index contributed by atoms with van der Waals surface area (Å²) in [6.45, 7) is 7.27. The Balaban J connectivity index is 2.80. The molecule has 0 aliphatic carbocycles. The Morgan fingerprint density at radius 1 is 1.35 bits per heavy atom. The molecular weight excluding hydrogens is 217 g/mol. The third-order valence-corrected chi connectivity index (χ3v) is 3.40. The molecule has 0 saturated heterocycles.